The third-order valence-corrected chi connectivity index (χ3v) is 8.58. The molecule has 0 fully saturated rings. The van der Waals surface area contributed by atoms with Crippen molar-refractivity contribution in [1.82, 2.24) is 0 Å². The third-order valence-electron chi connectivity index (χ3n) is 5.54. The number of fused-ring (bicyclic) bond motifs is 1. The van der Waals surface area contributed by atoms with E-state index in [-0.39, 0.29) is 28.0 Å². The summed E-state index contributed by atoms with van der Waals surface area (Å²) in [6, 6.07) is 12.4. The van der Waals surface area contributed by atoms with E-state index in [0.29, 0.717) is 29.7 Å². The molecule has 3 aromatic rings. The minimum Gasteiger partial charge on any atom is -0.493 e. The monoisotopic (exact) mass is 485 g/mol. The molecule has 0 unspecified atom stereocenters. The zero-order valence-electron chi connectivity index (χ0n) is 19.0. The molecule has 1 aromatic heterocycles. The highest BCUT2D eigenvalue weighted by Crippen LogP contribution is 2.47. The molecule has 8 heteroatoms. The number of methoxy groups -OCH3 is 1. The third kappa shape index (κ3) is 4.63. The molecule has 6 nitrogen and oxygen atoms in total. The van der Waals surface area contributed by atoms with Gasteiger partial charge < -0.3 is 14.8 Å². The Kier molecular flexibility index (Phi) is 6.50. The van der Waals surface area contributed by atoms with Crippen LogP contribution >= 0.6 is 11.3 Å². The molecule has 0 bridgehead atoms. The van der Waals surface area contributed by atoms with Crippen molar-refractivity contribution < 1.29 is 22.7 Å². The van der Waals surface area contributed by atoms with Gasteiger partial charge in [0.25, 0.3) is 0 Å². The fraction of sp³-hybridized carbons (Fsp3) is 0.320. The summed E-state index contributed by atoms with van der Waals surface area (Å²) in [5.74, 6) is 1.12. The molecule has 2 heterocycles. The smallest absolute Gasteiger partial charge is 0.225 e. The first-order valence-electron chi connectivity index (χ1n) is 10.7. The number of aryl methyl sites for hydroxylation is 1. The second-order valence-electron chi connectivity index (χ2n) is 8.58. The van der Waals surface area contributed by atoms with E-state index in [1.807, 2.05) is 25.1 Å². The van der Waals surface area contributed by atoms with Gasteiger partial charge in [0.05, 0.1) is 24.3 Å². The van der Waals surface area contributed by atoms with Gasteiger partial charge in [0.2, 0.25) is 15.7 Å². The molecule has 1 atom stereocenters. The molecule has 1 aliphatic rings. The number of thiophene rings is 1. The molecule has 0 radical (unpaired) electrons. The van der Waals surface area contributed by atoms with Crippen molar-refractivity contribution in [1.29, 1.82) is 0 Å². The lowest BCUT2D eigenvalue weighted by Crippen LogP contribution is -2.23. The Labute approximate surface area is 198 Å². The number of nitrogens with one attached hydrogen (secondary N) is 1. The van der Waals surface area contributed by atoms with E-state index in [1.165, 1.54) is 11.3 Å². The van der Waals surface area contributed by atoms with Crippen LogP contribution in [0.4, 0.5) is 5.69 Å². The molecular weight excluding hydrogens is 458 g/mol. The van der Waals surface area contributed by atoms with Crippen LogP contribution in [0.5, 0.6) is 11.5 Å². The van der Waals surface area contributed by atoms with Crippen LogP contribution < -0.4 is 14.8 Å². The first-order chi connectivity index (χ1) is 15.7. The van der Waals surface area contributed by atoms with Gasteiger partial charge in [-0.2, -0.15) is 0 Å². The van der Waals surface area contributed by atoms with Crippen LogP contribution in [0.25, 0.3) is 0 Å². The Morgan fingerprint density at radius 3 is 2.52 bits per heavy atom. The minimum atomic E-state index is -3.77. The van der Waals surface area contributed by atoms with E-state index in [4.69, 9.17) is 9.47 Å². The quantitative estimate of drug-likeness (QED) is 0.484. The lowest BCUT2D eigenvalue weighted by Gasteiger charge is -2.24. The summed E-state index contributed by atoms with van der Waals surface area (Å²) in [5.41, 5.74) is 2.23. The number of carbonyl (C=O) groups excluding carboxylic acids is 1. The number of carbonyl (C=O) groups is 1. The Morgan fingerprint density at radius 1 is 1.12 bits per heavy atom. The molecule has 0 aliphatic carbocycles. The van der Waals surface area contributed by atoms with E-state index in [2.05, 4.69) is 19.2 Å². The number of ether oxygens (including phenoxy) is 2. The summed E-state index contributed by atoms with van der Waals surface area (Å²) in [6.07, 6.45) is 0.229. The number of hydrogen-bond acceptors (Lipinski definition) is 6. The molecule has 33 heavy (non-hydrogen) atoms. The highest BCUT2D eigenvalue weighted by Gasteiger charge is 2.34. The largest absolute Gasteiger partial charge is 0.493 e. The van der Waals surface area contributed by atoms with Crippen LogP contribution in [0.1, 0.15) is 42.2 Å². The number of benzene rings is 2. The summed E-state index contributed by atoms with van der Waals surface area (Å²) in [6.45, 7) is 6.61. The van der Waals surface area contributed by atoms with E-state index < -0.39 is 9.84 Å². The summed E-state index contributed by atoms with van der Waals surface area (Å²) in [4.78, 5) is 13.8. The second-order valence-corrected chi connectivity index (χ2v) is 11.4. The van der Waals surface area contributed by atoms with Crippen LogP contribution in [0, 0.1) is 12.8 Å². The first-order valence-corrected chi connectivity index (χ1v) is 13.1. The van der Waals surface area contributed by atoms with Crippen LogP contribution in [0.3, 0.4) is 0 Å². The Hall–Kier alpha value is -2.84. The molecular formula is C25H27NO5S2. The zero-order chi connectivity index (χ0) is 23.8. The molecule has 4 rings (SSSR count). The standard InChI is InChI=1S/C25H27NO5S2/c1-15(2)13-31-20-10-7-17(11-21(20)30-4)19-12-23(27)26-24-22(14-32-25(19)24)33(28,29)18-8-5-16(3)6-9-18/h5-11,14-15,19H,12-13H2,1-4H3,(H,26,27)/t19-/m0/s1. The summed E-state index contributed by atoms with van der Waals surface area (Å²) < 4.78 is 38.0. The topological polar surface area (TPSA) is 81.7 Å². The van der Waals surface area contributed by atoms with Crippen molar-refractivity contribution in [3.8, 4) is 11.5 Å². The average Bonchev–Trinajstić information content (AvgIpc) is 3.21. The minimum absolute atomic E-state index is 0.133. The molecule has 0 spiro atoms. The Morgan fingerprint density at radius 2 is 1.85 bits per heavy atom. The maximum absolute atomic E-state index is 13.3. The van der Waals surface area contributed by atoms with Gasteiger partial charge in [0.1, 0.15) is 4.90 Å². The van der Waals surface area contributed by atoms with Gasteiger partial charge >= 0.3 is 0 Å². The number of amides is 1. The number of anilines is 1. The van der Waals surface area contributed by atoms with E-state index in [0.717, 1.165) is 16.0 Å². The first kappa shape index (κ1) is 23.3. The van der Waals surface area contributed by atoms with E-state index >= 15 is 0 Å². The van der Waals surface area contributed by atoms with Crippen LogP contribution in [-0.4, -0.2) is 28.0 Å². The number of hydrogen-bond donors (Lipinski definition) is 1. The molecule has 1 N–H and O–H groups in total. The Balaban J connectivity index is 1.73. The average molecular weight is 486 g/mol. The van der Waals surface area contributed by atoms with Crippen molar-refractivity contribution in [2.24, 2.45) is 5.92 Å². The van der Waals surface area contributed by atoms with Crippen LogP contribution in [-0.2, 0) is 14.6 Å². The summed E-state index contributed by atoms with van der Waals surface area (Å²) in [7, 11) is -2.19. The molecule has 0 saturated heterocycles. The Bertz CT molecular complexity index is 1280. The van der Waals surface area contributed by atoms with Crippen molar-refractivity contribution in [3.05, 3.63) is 63.8 Å². The predicted octanol–water partition coefficient (Wildman–Crippen LogP) is 5.41. The van der Waals surface area contributed by atoms with Crippen molar-refractivity contribution in [2.45, 2.75) is 42.9 Å². The van der Waals surface area contributed by atoms with Gasteiger partial charge in [0, 0.05) is 22.6 Å². The lowest BCUT2D eigenvalue weighted by molar-refractivity contribution is -0.116. The van der Waals surface area contributed by atoms with Gasteiger partial charge in [-0.3, -0.25) is 4.79 Å². The van der Waals surface area contributed by atoms with Crippen LogP contribution in [0.15, 0.2) is 57.6 Å². The highest BCUT2D eigenvalue weighted by molar-refractivity contribution is 7.91. The molecule has 1 amide bonds. The summed E-state index contributed by atoms with van der Waals surface area (Å²) >= 11 is 1.35. The van der Waals surface area contributed by atoms with Gasteiger partial charge in [-0.15, -0.1) is 11.3 Å². The molecule has 1 aliphatic heterocycles. The highest BCUT2D eigenvalue weighted by atomic mass is 32.2. The lowest BCUT2D eigenvalue weighted by atomic mass is 9.90. The van der Waals surface area contributed by atoms with Gasteiger partial charge in [-0.05, 0) is 42.7 Å². The summed E-state index contributed by atoms with van der Waals surface area (Å²) in [5, 5.41) is 4.43. The predicted molar refractivity (Wildman–Crippen MR) is 129 cm³/mol. The fourth-order valence-corrected chi connectivity index (χ4v) is 6.70. The van der Waals surface area contributed by atoms with E-state index in [9.17, 15) is 13.2 Å². The SMILES string of the molecule is COc1cc([C@@H]2CC(=O)Nc3c(S(=O)(=O)c4ccc(C)cc4)csc32)ccc1OCC(C)C. The fourth-order valence-electron chi connectivity index (χ4n) is 3.79. The van der Waals surface area contributed by atoms with Crippen molar-refractivity contribution >= 4 is 32.8 Å². The molecule has 174 valence electrons. The van der Waals surface area contributed by atoms with Crippen molar-refractivity contribution in [2.75, 3.05) is 19.0 Å². The van der Waals surface area contributed by atoms with Gasteiger partial charge in [0.15, 0.2) is 11.5 Å². The zero-order valence-corrected chi connectivity index (χ0v) is 20.7. The normalized spacial score (nSPS) is 15.8. The molecule has 2 aromatic carbocycles. The maximum Gasteiger partial charge on any atom is 0.225 e. The van der Waals surface area contributed by atoms with Gasteiger partial charge in [-0.25, -0.2) is 8.42 Å². The maximum atomic E-state index is 13.3. The number of rotatable bonds is 7. The van der Waals surface area contributed by atoms with Gasteiger partial charge in [-0.1, -0.05) is 37.6 Å². The number of sulfone groups is 1. The second kappa shape index (κ2) is 9.19. The molecule has 0 saturated carbocycles. The van der Waals surface area contributed by atoms with Crippen LogP contribution in [0.2, 0.25) is 0 Å². The van der Waals surface area contributed by atoms with E-state index in [1.54, 1.807) is 36.8 Å². The van der Waals surface area contributed by atoms with Crippen molar-refractivity contribution in [3.63, 3.8) is 0 Å².